The molecule has 18 heavy (non-hydrogen) atoms. The molecule has 1 aromatic rings. The molecule has 0 aromatic heterocycles. The molecule has 1 aromatic carbocycles. The number of nitrogens with one attached hydrogen (secondary N) is 1. The number of thiol groups is 1. The highest BCUT2D eigenvalue weighted by Gasteiger charge is 2.08. The van der Waals surface area contributed by atoms with Gasteiger partial charge in [0, 0.05) is 23.3 Å². The van der Waals surface area contributed by atoms with E-state index in [0.717, 1.165) is 0 Å². The maximum Gasteiger partial charge on any atom is 0.261 e. The molecule has 0 fully saturated rings. The number of hydrogen-bond donors (Lipinski definition) is 2. The number of benzene rings is 1. The van der Waals surface area contributed by atoms with Gasteiger partial charge < -0.3 is 5.32 Å². The van der Waals surface area contributed by atoms with Gasteiger partial charge in [0.15, 0.2) is 0 Å². The van der Waals surface area contributed by atoms with Crippen LogP contribution in [0.4, 0.5) is 5.69 Å². The van der Waals surface area contributed by atoms with Gasteiger partial charge in [-0.2, -0.15) is 12.6 Å². The molecule has 1 N–H and O–H groups in total. The van der Waals surface area contributed by atoms with Gasteiger partial charge in [0.05, 0.1) is 4.90 Å². The Morgan fingerprint density at radius 2 is 1.56 bits per heavy atom. The number of hydrogen-bond acceptors (Lipinski definition) is 4. The van der Waals surface area contributed by atoms with E-state index in [0.29, 0.717) is 5.69 Å². The van der Waals surface area contributed by atoms with E-state index in [-0.39, 0.29) is 10.8 Å². The topological polar surface area (TPSA) is 63.2 Å². The highest BCUT2D eigenvalue weighted by molar-refractivity contribution is 8.13. The lowest BCUT2D eigenvalue weighted by molar-refractivity contribution is -0.114. The molecule has 4 nitrogen and oxygen atoms in total. The normalized spacial score (nSPS) is 9.22. The SMILES string of the molecule is CC.CC(=O)Nc1ccc(S(=O)(=O)Cl)cc1.CS. The van der Waals surface area contributed by atoms with Gasteiger partial charge in [0.2, 0.25) is 5.91 Å². The second-order valence-corrected chi connectivity index (χ2v) is 5.21. The zero-order chi connectivity index (χ0) is 14.8. The minimum Gasteiger partial charge on any atom is -0.326 e. The van der Waals surface area contributed by atoms with Gasteiger partial charge >= 0.3 is 0 Å². The lowest BCUT2D eigenvalue weighted by Gasteiger charge is -2.01. The van der Waals surface area contributed by atoms with Crippen LogP contribution in [0.25, 0.3) is 0 Å². The predicted molar refractivity (Wildman–Crippen MR) is 80.0 cm³/mol. The molecule has 0 heterocycles. The molecule has 0 aliphatic heterocycles. The van der Waals surface area contributed by atoms with Crippen LogP contribution in [0.15, 0.2) is 29.2 Å². The molecular formula is C11H18ClNO3S2. The van der Waals surface area contributed by atoms with Gasteiger partial charge in [-0.15, -0.1) is 0 Å². The molecule has 0 atom stereocenters. The van der Waals surface area contributed by atoms with Gasteiger partial charge in [-0.1, -0.05) is 13.8 Å². The average Bonchev–Trinajstić information content (AvgIpc) is 2.33. The molecule has 0 unspecified atom stereocenters. The lowest BCUT2D eigenvalue weighted by atomic mass is 10.3. The van der Waals surface area contributed by atoms with E-state index in [1.165, 1.54) is 31.2 Å². The summed E-state index contributed by atoms with van der Waals surface area (Å²) in [5, 5.41) is 2.51. The Hall–Kier alpha value is -0.720. The summed E-state index contributed by atoms with van der Waals surface area (Å²) in [5.74, 6) is -0.216. The molecule has 0 radical (unpaired) electrons. The van der Waals surface area contributed by atoms with E-state index in [1.807, 2.05) is 13.8 Å². The molecule has 0 saturated heterocycles. The van der Waals surface area contributed by atoms with Crippen molar-refractivity contribution in [1.82, 2.24) is 0 Å². The quantitative estimate of drug-likeness (QED) is 0.651. The summed E-state index contributed by atoms with van der Waals surface area (Å²) in [6.07, 6.45) is 1.69. The Morgan fingerprint density at radius 1 is 1.17 bits per heavy atom. The fourth-order valence-electron chi connectivity index (χ4n) is 0.904. The summed E-state index contributed by atoms with van der Waals surface area (Å²) in [6, 6.07) is 5.59. The maximum atomic E-state index is 10.8. The predicted octanol–water partition coefficient (Wildman–Crippen LogP) is 3.14. The lowest BCUT2D eigenvalue weighted by Crippen LogP contribution is -2.05. The smallest absolute Gasteiger partial charge is 0.261 e. The van der Waals surface area contributed by atoms with Crippen molar-refractivity contribution in [2.75, 3.05) is 11.6 Å². The van der Waals surface area contributed by atoms with Gasteiger partial charge in [-0.3, -0.25) is 4.79 Å². The number of amides is 1. The molecule has 1 amide bonds. The number of carbonyl (C=O) groups excluding carboxylic acids is 1. The van der Waals surface area contributed by atoms with Crippen LogP contribution in [0.5, 0.6) is 0 Å². The highest BCUT2D eigenvalue weighted by atomic mass is 35.7. The third-order valence-electron chi connectivity index (χ3n) is 1.46. The first kappa shape index (κ1) is 19.6. The molecule has 0 saturated carbocycles. The molecule has 104 valence electrons. The standard InChI is InChI=1S/C8H8ClNO3S.C2H6.CH4S/c1-6(11)10-7-2-4-8(5-3-7)14(9,12)13;2*1-2/h2-5H,1H3,(H,10,11);1-2H3;2H,1H3. The Kier molecular flexibility index (Phi) is 11.1. The van der Waals surface area contributed by atoms with Crippen molar-refractivity contribution < 1.29 is 13.2 Å². The number of carbonyl (C=O) groups is 1. The van der Waals surface area contributed by atoms with Crippen LogP contribution >= 0.6 is 23.3 Å². The Labute approximate surface area is 119 Å². The minimum atomic E-state index is -3.69. The molecular weight excluding hydrogens is 294 g/mol. The summed E-state index contributed by atoms with van der Waals surface area (Å²) in [4.78, 5) is 10.6. The van der Waals surface area contributed by atoms with Crippen molar-refractivity contribution in [2.24, 2.45) is 0 Å². The van der Waals surface area contributed by atoms with Crippen LogP contribution in [0.3, 0.4) is 0 Å². The number of halogens is 1. The highest BCUT2D eigenvalue weighted by Crippen LogP contribution is 2.17. The van der Waals surface area contributed by atoms with Crippen molar-refractivity contribution in [3.8, 4) is 0 Å². The van der Waals surface area contributed by atoms with Gasteiger partial charge in [0.1, 0.15) is 0 Å². The second kappa shape index (κ2) is 10.2. The summed E-state index contributed by atoms with van der Waals surface area (Å²) in [7, 11) is 1.41. The monoisotopic (exact) mass is 311 g/mol. The summed E-state index contributed by atoms with van der Waals surface area (Å²) in [5.41, 5.74) is 0.529. The van der Waals surface area contributed by atoms with E-state index in [1.54, 1.807) is 6.26 Å². The van der Waals surface area contributed by atoms with Crippen molar-refractivity contribution in [3.63, 3.8) is 0 Å². The van der Waals surface area contributed by atoms with E-state index < -0.39 is 9.05 Å². The van der Waals surface area contributed by atoms with Gasteiger partial charge in [-0.25, -0.2) is 8.42 Å². The Balaban J connectivity index is 0. The van der Waals surface area contributed by atoms with Crippen LogP contribution in [0.1, 0.15) is 20.8 Å². The maximum absolute atomic E-state index is 10.8. The largest absolute Gasteiger partial charge is 0.326 e. The first-order valence-corrected chi connectivity index (χ1v) is 8.37. The van der Waals surface area contributed by atoms with Crippen molar-refractivity contribution >= 4 is 44.0 Å². The molecule has 1 rings (SSSR count). The van der Waals surface area contributed by atoms with Crippen LogP contribution in [-0.2, 0) is 13.8 Å². The molecule has 7 heteroatoms. The van der Waals surface area contributed by atoms with Crippen molar-refractivity contribution in [2.45, 2.75) is 25.7 Å². The minimum absolute atomic E-state index is 0.00766. The first-order valence-electron chi connectivity index (χ1n) is 5.16. The van der Waals surface area contributed by atoms with Crippen LogP contribution < -0.4 is 5.32 Å². The third kappa shape index (κ3) is 8.38. The van der Waals surface area contributed by atoms with Gasteiger partial charge in [-0.05, 0) is 30.5 Å². The van der Waals surface area contributed by atoms with E-state index >= 15 is 0 Å². The van der Waals surface area contributed by atoms with Crippen molar-refractivity contribution in [3.05, 3.63) is 24.3 Å². The van der Waals surface area contributed by atoms with Crippen molar-refractivity contribution in [1.29, 1.82) is 0 Å². The number of anilines is 1. The summed E-state index contributed by atoms with van der Waals surface area (Å²) < 4.78 is 21.7. The van der Waals surface area contributed by atoms with E-state index in [9.17, 15) is 13.2 Å². The van der Waals surface area contributed by atoms with Crippen LogP contribution in [0, 0.1) is 0 Å². The van der Waals surface area contributed by atoms with E-state index in [2.05, 4.69) is 17.9 Å². The molecule has 0 aliphatic rings. The second-order valence-electron chi connectivity index (χ2n) is 2.64. The zero-order valence-corrected chi connectivity index (χ0v) is 13.2. The Morgan fingerprint density at radius 3 is 1.83 bits per heavy atom. The number of rotatable bonds is 2. The molecule has 0 spiro atoms. The Bertz CT molecular complexity index is 444. The molecule has 0 bridgehead atoms. The van der Waals surface area contributed by atoms with Gasteiger partial charge in [0.25, 0.3) is 9.05 Å². The first-order chi connectivity index (χ1) is 8.39. The van der Waals surface area contributed by atoms with E-state index in [4.69, 9.17) is 10.7 Å². The third-order valence-corrected chi connectivity index (χ3v) is 2.83. The zero-order valence-electron chi connectivity index (χ0n) is 10.8. The average molecular weight is 312 g/mol. The summed E-state index contributed by atoms with van der Waals surface area (Å²) >= 11 is 3.53. The van der Waals surface area contributed by atoms with Crippen LogP contribution in [0.2, 0.25) is 0 Å². The fraction of sp³-hybridized carbons (Fsp3) is 0.364. The fourth-order valence-corrected chi connectivity index (χ4v) is 1.67. The summed E-state index contributed by atoms with van der Waals surface area (Å²) in [6.45, 7) is 5.37. The van der Waals surface area contributed by atoms with Crippen LogP contribution in [-0.4, -0.2) is 20.6 Å². The molecule has 0 aliphatic carbocycles.